The Labute approximate surface area is 262 Å². The highest BCUT2D eigenvalue weighted by molar-refractivity contribution is 9.10. The zero-order valence-electron chi connectivity index (χ0n) is 39.5. The molecular weight excluding hydrogens is 540 g/mol. The van der Waals surface area contributed by atoms with Crippen LogP contribution in [0, 0.1) is 0 Å². The molecule has 6 aromatic carbocycles. The van der Waals surface area contributed by atoms with Crippen LogP contribution >= 0.6 is 15.9 Å². The summed E-state index contributed by atoms with van der Waals surface area (Å²) in [6.45, 7) is 0. The van der Waals surface area contributed by atoms with Crippen LogP contribution in [-0.2, 0) is 0 Å². The second-order valence-electron chi connectivity index (χ2n) is 8.49. The fraction of sp³-hybridized carbons (Fsp3) is 0. The third kappa shape index (κ3) is 3.47. The summed E-state index contributed by atoms with van der Waals surface area (Å²) < 4.78 is 177. The highest BCUT2D eigenvalue weighted by Gasteiger charge is 2.17. The lowest BCUT2D eigenvalue weighted by molar-refractivity contribution is 1.13. The SMILES string of the molecule is [2H]c1c([2H])c([2H])c(-c2cc(-n3c4c([2H])c([2H])c([2H])c([2H])c4c4c([2H])c([2H])c([2H])c([2H])c43)cc(-n3c4c([2H])c([2H])c([2H])c([2H])c4c4c([2H])c(Br)c([2H])c([2H])c43)c2)c([2H])c1[2H]. The molecule has 0 amide bonds. The fourth-order valence-corrected chi connectivity index (χ4v) is 5.12. The molecule has 0 spiro atoms. The maximum Gasteiger partial charge on any atom is 0.0646 e. The molecule has 184 valence electrons. The number of para-hydroxylation sites is 3. The lowest BCUT2D eigenvalue weighted by Gasteiger charge is -2.16. The number of rotatable bonds is 3. The molecule has 0 N–H and O–H groups in total. The molecule has 0 saturated carbocycles. The van der Waals surface area contributed by atoms with E-state index in [-0.39, 0.29) is 70.6 Å². The van der Waals surface area contributed by atoms with E-state index in [1.165, 1.54) is 18.2 Å². The molecule has 2 nitrogen and oxygen atoms in total. The molecule has 0 bridgehead atoms. The van der Waals surface area contributed by atoms with Crippen LogP contribution in [0.25, 0.3) is 66.1 Å². The van der Waals surface area contributed by atoms with Crippen LogP contribution in [-0.4, -0.2) is 9.13 Å². The Morgan fingerprint density at radius 2 is 0.897 bits per heavy atom. The number of benzene rings is 6. The van der Waals surface area contributed by atoms with Gasteiger partial charge >= 0.3 is 0 Å². The normalized spacial score (nSPS) is 18.9. The summed E-state index contributed by atoms with van der Waals surface area (Å²) in [6, 6.07) is -9.12. The van der Waals surface area contributed by atoms with Crippen molar-refractivity contribution >= 4 is 59.5 Å². The number of fused-ring (bicyclic) bond motifs is 6. The maximum atomic E-state index is 9.12. The third-order valence-corrected chi connectivity index (χ3v) is 6.76. The van der Waals surface area contributed by atoms with Crippen molar-refractivity contribution in [3.05, 3.63) is 144 Å². The van der Waals surface area contributed by atoms with Crippen LogP contribution in [0.5, 0.6) is 0 Å². The van der Waals surface area contributed by atoms with Gasteiger partial charge in [0.15, 0.2) is 0 Å². The average Bonchev–Trinajstić information content (AvgIpc) is 3.77. The lowest BCUT2D eigenvalue weighted by atomic mass is 10.0. The Hall–Kier alpha value is -4.60. The molecule has 0 atom stereocenters. The first-order valence-corrected chi connectivity index (χ1v) is 12.3. The Morgan fingerprint density at radius 3 is 1.46 bits per heavy atom. The van der Waals surface area contributed by atoms with Crippen LogP contribution in [0.15, 0.2) is 144 Å². The molecule has 0 fully saturated rings. The van der Waals surface area contributed by atoms with Crippen molar-refractivity contribution < 1.29 is 27.4 Å². The molecule has 0 aliphatic heterocycles. The van der Waals surface area contributed by atoms with Crippen molar-refractivity contribution in [2.75, 3.05) is 0 Å². The first kappa shape index (κ1) is 10.2. The van der Waals surface area contributed by atoms with Gasteiger partial charge in [0.2, 0.25) is 0 Å². The van der Waals surface area contributed by atoms with Crippen molar-refractivity contribution in [3.63, 3.8) is 0 Å². The second kappa shape index (κ2) is 8.72. The van der Waals surface area contributed by atoms with E-state index in [0.717, 1.165) is 9.13 Å². The third-order valence-electron chi connectivity index (χ3n) is 6.37. The summed E-state index contributed by atoms with van der Waals surface area (Å²) in [5.74, 6) is 0. The van der Waals surface area contributed by atoms with Crippen LogP contribution < -0.4 is 0 Å². The van der Waals surface area contributed by atoms with Gasteiger partial charge in [-0.3, -0.25) is 0 Å². The predicted molar refractivity (Wildman–Crippen MR) is 168 cm³/mol. The fourth-order valence-electron chi connectivity index (χ4n) is 4.82. The van der Waals surface area contributed by atoms with Crippen molar-refractivity contribution in [2.45, 2.75) is 0 Å². The maximum absolute atomic E-state index is 9.12. The van der Waals surface area contributed by atoms with Crippen LogP contribution in [0.3, 0.4) is 0 Å². The van der Waals surface area contributed by atoms with E-state index in [0.29, 0.717) is 0 Å². The van der Waals surface area contributed by atoms with Gasteiger partial charge in [-0.25, -0.2) is 0 Å². The molecule has 3 heteroatoms. The number of halogens is 1. The molecule has 0 aliphatic carbocycles. The molecule has 0 unspecified atom stereocenters. The Kier molecular flexibility index (Phi) is 2.28. The zero-order valence-corrected chi connectivity index (χ0v) is 21.1. The first-order chi connectivity index (χ1) is 27.6. The first-order valence-electron chi connectivity index (χ1n) is 21.5. The Balaban J connectivity index is 1.70. The van der Waals surface area contributed by atoms with Gasteiger partial charge in [0.1, 0.15) is 0 Å². The second-order valence-corrected chi connectivity index (χ2v) is 9.29. The molecule has 2 aromatic heterocycles. The molecule has 0 saturated heterocycles. The molecule has 2 heterocycles. The van der Waals surface area contributed by atoms with Crippen molar-refractivity contribution in [1.82, 2.24) is 9.13 Å². The molecule has 8 rings (SSSR count). The van der Waals surface area contributed by atoms with Gasteiger partial charge in [-0.15, -0.1) is 0 Å². The van der Waals surface area contributed by atoms with Gasteiger partial charge in [-0.05, 0) is 65.6 Å². The topological polar surface area (TPSA) is 9.86 Å². The van der Waals surface area contributed by atoms with Gasteiger partial charge in [0, 0.05) is 37.4 Å². The van der Waals surface area contributed by atoms with Gasteiger partial charge in [-0.2, -0.15) is 0 Å². The molecular formula is C36H23BrN2. The predicted octanol–water partition coefficient (Wildman–Crippen LogP) is 10.3. The molecule has 0 radical (unpaired) electrons. The quantitative estimate of drug-likeness (QED) is 0.196. The zero-order chi connectivity index (χ0) is 43.3. The summed E-state index contributed by atoms with van der Waals surface area (Å²) in [4.78, 5) is 0. The molecule has 0 aliphatic rings. The van der Waals surface area contributed by atoms with Crippen molar-refractivity contribution in [3.8, 4) is 22.5 Å². The van der Waals surface area contributed by atoms with Crippen LogP contribution in [0.1, 0.15) is 27.4 Å². The molecule has 8 aromatic rings. The summed E-state index contributed by atoms with van der Waals surface area (Å²) in [7, 11) is 0. The van der Waals surface area contributed by atoms with E-state index in [4.69, 9.17) is 27.4 Å². The van der Waals surface area contributed by atoms with E-state index < -0.39 is 121 Å². The minimum Gasteiger partial charge on any atom is -0.309 e. The average molecular weight is 584 g/mol. The smallest absolute Gasteiger partial charge is 0.0646 e. The van der Waals surface area contributed by atoms with E-state index in [9.17, 15) is 0 Å². The van der Waals surface area contributed by atoms with Crippen LogP contribution in [0.2, 0.25) is 0 Å². The number of hydrogen-bond acceptors (Lipinski definition) is 0. The Morgan fingerprint density at radius 1 is 0.436 bits per heavy atom. The standard InChI is InChI=1S/C36H23BrN2/c37-26-18-19-36-32(22-26)31-14-6-9-17-35(31)39(36)28-21-25(24-10-2-1-3-11-24)20-27(23-28)38-33-15-7-4-12-29(33)30-13-5-8-16-34(30)38/h1-23H/i1D,2D,3D,4D,5D,6D,7D,8D,9D,10D,11D,12D,13D,14D,15D,16D,17D,18D,19D,22D. The van der Waals surface area contributed by atoms with Gasteiger partial charge in [0.05, 0.1) is 49.5 Å². The summed E-state index contributed by atoms with van der Waals surface area (Å²) >= 11 is 3.17. The van der Waals surface area contributed by atoms with E-state index in [2.05, 4.69) is 15.9 Å². The molecule has 39 heavy (non-hydrogen) atoms. The minimum absolute atomic E-state index is 0.149. The number of aromatic nitrogens is 2. The van der Waals surface area contributed by atoms with E-state index in [1.54, 1.807) is 0 Å². The van der Waals surface area contributed by atoms with E-state index >= 15 is 0 Å². The largest absolute Gasteiger partial charge is 0.309 e. The number of hydrogen-bond donors (Lipinski definition) is 0. The lowest BCUT2D eigenvalue weighted by Crippen LogP contribution is -2.00. The highest BCUT2D eigenvalue weighted by atomic mass is 79.9. The monoisotopic (exact) mass is 582 g/mol. The van der Waals surface area contributed by atoms with Crippen molar-refractivity contribution in [2.24, 2.45) is 0 Å². The summed E-state index contributed by atoms with van der Waals surface area (Å²) in [6.07, 6.45) is 0. The minimum atomic E-state index is -0.727. The van der Waals surface area contributed by atoms with Gasteiger partial charge < -0.3 is 9.13 Å². The summed E-state index contributed by atoms with van der Waals surface area (Å²) in [5.41, 5.74) is -2.04. The van der Waals surface area contributed by atoms with Crippen molar-refractivity contribution in [1.29, 1.82) is 0 Å². The van der Waals surface area contributed by atoms with E-state index in [1.807, 2.05) is 0 Å². The van der Waals surface area contributed by atoms with Gasteiger partial charge in [-0.1, -0.05) is 101 Å². The number of nitrogens with zero attached hydrogens (tertiary/aromatic N) is 2. The van der Waals surface area contributed by atoms with Gasteiger partial charge in [0.25, 0.3) is 0 Å². The highest BCUT2D eigenvalue weighted by Crippen LogP contribution is 2.38. The summed E-state index contributed by atoms with van der Waals surface area (Å²) in [5, 5.41) is -0.931. The Bertz CT molecular complexity index is 2930. The van der Waals surface area contributed by atoms with Crippen LogP contribution in [0.4, 0.5) is 0 Å².